The predicted octanol–water partition coefficient (Wildman–Crippen LogP) is 2.55. The molecule has 0 atom stereocenters. The predicted molar refractivity (Wildman–Crippen MR) is 115 cm³/mol. The zero-order valence-electron chi connectivity index (χ0n) is 15.3. The molecule has 2 aromatic rings. The second-order valence-electron chi connectivity index (χ2n) is 5.47. The van der Waals surface area contributed by atoms with Gasteiger partial charge in [-0.2, -0.15) is 0 Å². The zero-order valence-corrected chi connectivity index (χ0v) is 17.6. The number of ether oxygens (including phenoxy) is 1. The van der Waals surface area contributed by atoms with E-state index in [4.69, 9.17) is 4.74 Å². The highest BCUT2D eigenvalue weighted by atomic mass is 127. The monoisotopic (exact) mass is 486 g/mol. The first-order chi connectivity index (χ1) is 12.6. The molecule has 6 nitrogen and oxygen atoms in total. The van der Waals surface area contributed by atoms with Gasteiger partial charge >= 0.3 is 0 Å². The second kappa shape index (κ2) is 12.1. The van der Waals surface area contributed by atoms with Crippen molar-refractivity contribution in [3.63, 3.8) is 0 Å². The summed E-state index contributed by atoms with van der Waals surface area (Å²) in [7, 11) is 3.23. The van der Waals surface area contributed by atoms with Crippen molar-refractivity contribution in [3.8, 4) is 5.75 Å². The summed E-state index contributed by atoms with van der Waals surface area (Å²) in [5.74, 6) is 0.856. The Labute approximate surface area is 175 Å². The first-order valence-corrected chi connectivity index (χ1v) is 8.23. The average molecular weight is 486 g/mol. The number of nitrogens with zero attached hydrogens (tertiary/aromatic N) is 1. The number of aliphatic imine (C=N–C) groups is 1. The number of carbonyl (C=O) groups is 1. The molecule has 0 aromatic heterocycles. The van der Waals surface area contributed by atoms with Crippen LogP contribution >= 0.6 is 24.0 Å². The normalized spacial score (nSPS) is 10.6. The Morgan fingerprint density at radius 3 is 2.41 bits per heavy atom. The minimum atomic E-state index is -0.270. The summed E-state index contributed by atoms with van der Waals surface area (Å²) >= 11 is 0. The number of benzene rings is 2. The van der Waals surface area contributed by atoms with Crippen LogP contribution in [0.25, 0.3) is 0 Å². The molecule has 2 aromatic carbocycles. The largest absolute Gasteiger partial charge is 0.497 e. The van der Waals surface area contributed by atoms with Crippen molar-refractivity contribution in [1.29, 1.82) is 0 Å². The lowest BCUT2D eigenvalue weighted by molar-refractivity contribution is 0.0954. The third kappa shape index (κ3) is 7.81. The van der Waals surface area contributed by atoms with Crippen LogP contribution in [0.5, 0.6) is 5.75 Å². The summed E-state index contributed by atoms with van der Waals surface area (Å²) in [5, 5.41) is 9.00. The maximum absolute atomic E-state index is 13.2. The van der Waals surface area contributed by atoms with Crippen molar-refractivity contribution in [1.82, 2.24) is 16.0 Å². The topological polar surface area (TPSA) is 74.8 Å². The molecular formula is C19H24FIN4O2. The van der Waals surface area contributed by atoms with Gasteiger partial charge in [0, 0.05) is 32.2 Å². The van der Waals surface area contributed by atoms with Gasteiger partial charge in [-0.3, -0.25) is 9.79 Å². The van der Waals surface area contributed by atoms with Gasteiger partial charge in [-0.25, -0.2) is 4.39 Å². The van der Waals surface area contributed by atoms with Crippen LogP contribution < -0.4 is 20.7 Å². The van der Waals surface area contributed by atoms with Crippen LogP contribution in [-0.4, -0.2) is 39.1 Å². The first kappa shape index (κ1) is 22.7. The fourth-order valence-electron chi connectivity index (χ4n) is 2.25. The molecule has 2 rings (SSSR count). The van der Waals surface area contributed by atoms with Crippen molar-refractivity contribution in [2.75, 3.05) is 27.2 Å². The summed E-state index contributed by atoms with van der Waals surface area (Å²) in [6.07, 6.45) is 0. The first-order valence-electron chi connectivity index (χ1n) is 8.23. The fraction of sp³-hybridized carbons (Fsp3) is 0.263. The number of amides is 1. The zero-order chi connectivity index (χ0) is 18.8. The molecule has 0 aliphatic carbocycles. The van der Waals surface area contributed by atoms with E-state index in [0.717, 1.165) is 5.56 Å². The van der Waals surface area contributed by atoms with E-state index < -0.39 is 0 Å². The Balaban J connectivity index is 0.00000364. The molecule has 146 valence electrons. The lowest BCUT2D eigenvalue weighted by Crippen LogP contribution is -2.41. The lowest BCUT2D eigenvalue weighted by Gasteiger charge is -2.12. The smallest absolute Gasteiger partial charge is 0.251 e. The van der Waals surface area contributed by atoms with Crippen LogP contribution in [-0.2, 0) is 6.54 Å². The highest BCUT2D eigenvalue weighted by Gasteiger charge is 2.05. The minimum absolute atomic E-state index is 0. The molecule has 0 unspecified atom stereocenters. The molecule has 1 amide bonds. The quantitative estimate of drug-likeness (QED) is 0.244. The Kier molecular flexibility index (Phi) is 10.2. The van der Waals surface area contributed by atoms with Gasteiger partial charge in [-0.15, -0.1) is 24.0 Å². The molecule has 0 saturated carbocycles. The van der Waals surface area contributed by atoms with Crippen LogP contribution in [0.1, 0.15) is 15.9 Å². The van der Waals surface area contributed by atoms with Crippen LogP contribution in [0, 0.1) is 5.82 Å². The summed E-state index contributed by atoms with van der Waals surface area (Å²) in [6, 6.07) is 13.3. The van der Waals surface area contributed by atoms with E-state index in [9.17, 15) is 9.18 Å². The van der Waals surface area contributed by atoms with Crippen molar-refractivity contribution < 1.29 is 13.9 Å². The molecule has 0 saturated heterocycles. The molecular weight excluding hydrogens is 462 g/mol. The van der Waals surface area contributed by atoms with E-state index in [0.29, 0.717) is 36.9 Å². The number of guanidine groups is 1. The van der Waals surface area contributed by atoms with Crippen LogP contribution in [0.4, 0.5) is 4.39 Å². The number of hydrogen-bond acceptors (Lipinski definition) is 3. The van der Waals surface area contributed by atoms with E-state index in [1.54, 1.807) is 44.5 Å². The van der Waals surface area contributed by atoms with Gasteiger partial charge < -0.3 is 20.7 Å². The average Bonchev–Trinajstić information content (AvgIpc) is 2.67. The Morgan fingerprint density at radius 1 is 1.07 bits per heavy atom. The van der Waals surface area contributed by atoms with Gasteiger partial charge in [-0.05, 0) is 42.0 Å². The van der Waals surface area contributed by atoms with Gasteiger partial charge in [0.1, 0.15) is 11.6 Å². The number of nitrogens with one attached hydrogen (secondary N) is 3. The molecule has 0 fully saturated rings. The van der Waals surface area contributed by atoms with Gasteiger partial charge in [0.2, 0.25) is 0 Å². The third-order valence-electron chi connectivity index (χ3n) is 3.63. The molecule has 0 aliphatic rings. The molecule has 0 bridgehead atoms. The van der Waals surface area contributed by atoms with E-state index in [-0.39, 0.29) is 35.7 Å². The van der Waals surface area contributed by atoms with E-state index in [1.807, 2.05) is 6.07 Å². The SMILES string of the molecule is CN=C(NCCNC(=O)c1ccc(OC)cc1)NCc1cccc(F)c1.I. The second-order valence-corrected chi connectivity index (χ2v) is 5.47. The molecule has 0 spiro atoms. The number of hydrogen-bond donors (Lipinski definition) is 3. The maximum Gasteiger partial charge on any atom is 0.251 e. The molecule has 8 heteroatoms. The Bertz CT molecular complexity index is 754. The Hall–Kier alpha value is -2.36. The van der Waals surface area contributed by atoms with Crippen molar-refractivity contribution >= 4 is 35.8 Å². The summed E-state index contributed by atoms with van der Waals surface area (Å²) in [4.78, 5) is 16.1. The summed E-state index contributed by atoms with van der Waals surface area (Å²) in [5.41, 5.74) is 1.39. The molecule has 3 N–H and O–H groups in total. The van der Waals surface area contributed by atoms with Crippen molar-refractivity contribution in [2.24, 2.45) is 4.99 Å². The number of methoxy groups -OCH3 is 1. The van der Waals surface area contributed by atoms with Crippen LogP contribution in [0.3, 0.4) is 0 Å². The highest BCUT2D eigenvalue weighted by Crippen LogP contribution is 2.10. The fourth-order valence-corrected chi connectivity index (χ4v) is 2.25. The number of halogens is 2. The molecule has 27 heavy (non-hydrogen) atoms. The van der Waals surface area contributed by atoms with Gasteiger partial charge in [0.15, 0.2) is 5.96 Å². The minimum Gasteiger partial charge on any atom is -0.497 e. The van der Waals surface area contributed by atoms with Gasteiger partial charge in [0.25, 0.3) is 5.91 Å². The van der Waals surface area contributed by atoms with E-state index in [2.05, 4.69) is 20.9 Å². The van der Waals surface area contributed by atoms with E-state index >= 15 is 0 Å². The molecule has 0 radical (unpaired) electrons. The standard InChI is InChI=1S/C19H23FN4O2.HI/c1-21-19(24-13-14-4-3-5-16(20)12-14)23-11-10-22-18(25)15-6-8-17(26-2)9-7-15;/h3-9,12H,10-11,13H2,1-2H3,(H,22,25)(H2,21,23,24);1H. The highest BCUT2D eigenvalue weighted by molar-refractivity contribution is 14.0. The third-order valence-corrected chi connectivity index (χ3v) is 3.63. The van der Waals surface area contributed by atoms with Crippen LogP contribution in [0.15, 0.2) is 53.5 Å². The van der Waals surface area contributed by atoms with Crippen molar-refractivity contribution in [2.45, 2.75) is 6.54 Å². The number of rotatable bonds is 7. The summed E-state index contributed by atoms with van der Waals surface area (Å²) in [6.45, 7) is 1.39. The van der Waals surface area contributed by atoms with Gasteiger partial charge in [0.05, 0.1) is 7.11 Å². The lowest BCUT2D eigenvalue weighted by atomic mass is 10.2. The Morgan fingerprint density at radius 2 is 1.78 bits per heavy atom. The van der Waals surface area contributed by atoms with Crippen LogP contribution in [0.2, 0.25) is 0 Å². The molecule has 0 heterocycles. The van der Waals surface area contributed by atoms with Crippen molar-refractivity contribution in [3.05, 3.63) is 65.5 Å². The van der Waals surface area contributed by atoms with Gasteiger partial charge in [-0.1, -0.05) is 12.1 Å². The number of carbonyl (C=O) groups excluding carboxylic acids is 1. The summed E-state index contributed by atoms with van der Waals surface area (Å²) < 4.78 is 18.2. The van der Waals surface area contributed by atoms with E-state index in [1.165, 1.54) is 12.1 Å². The maximum atomic E-state index is 13.2. The molecule has 0 aliphatic heterocycles.